The third-order valence-corrected chi connectivity index (χ3v) is 4.18. The average Bonchev–Trinajstić information content (AvgIpc) is 2.97. The van der Waals surface area contributed by atoms with Crippen LogP contribution in [0.15, 0.2) is 48.5 Å². The first-order chi connectivity index (χ1) is 9.78. The van der Waals surface area contributed by atoms with E-state index >= 15 is 0 Å². The monoisotopic (exact) mass is 282 g/mol. The molecule has 2 aromatic rings. The first-order valence-electron chi connectivity index (χ1n) is 6.77. The quantitative estimate of drug-likeness (QED) is 0.825. The summed E-state index contributed by atoms with van der Waals surface area (Å²) < 4.78 is 0. The van der Waals surface area contributed by atoms with Crippen LogP contribution in [0.2, 0.25) is 5.02 Å². The van der Waals surface area contributed by atoms with E-state index in [-0.39, 0.29) is 0 Å². The highest BCUT2D eigenvalue weighted by Gasteiger charge is 2.25. The van der Waals surface area contributed by atoms with Crippen molar-refractivity contribution in [1.29, 1.82) is 5.26 Å². The minimum absolute atomic E-state index is 0.558. The number of anilines is 1. The summed E-state index contributed by atoms with van der Waals surface area (Å²) in [5.41, 5.74) is 3.03. The second-order valence-electron chi connectivity index (χ2n) is 5.12. The van der Waals surface area contributed by atoms with Gasteiger partial charge in [-0.15, -0.1) is 0 Å². The number of hydrogen-bond donors (Lipinski definition) is 0. The predicted octanol–water partition coefficient (Wildman–Crippen LogP) is 4.21. The van der Waals surface area contributed by atoms with Gasteiger partial charge in [-0.1, -0.05) is 41.9 Å². The maximum absolute atomic E-state index is 8.89. The van der Waals surface area contributed by atoms with Crippen LogP contribution >= 0.6 is 11.6 Å². The van der Waals surface area contributed by atoms with Gasteiger partial charge >= 0.3 is 0 Å². The van der Waals surface area contributed by atoms with Crippen LogP contribution in [0.5, 0.6) is 0 Å². The molecule has 1 saturated heterocycles. The van der Waals surface area contributed by atoms with Gasteiger partial charge < -0.3 is 4.90 Å². The van der Waals surface area contributed by atoms with E-state index in [0.717, 1.165) is 25.2 Å². The Morgan fingerprint density at radius 3 is 2.65 bits per heavy atom. The van der Waals surface area contributed by atoms with Gasteiger partial charge in [0.25, 0.3) is 0 Å². The summed E-state index contributed by atoms with van der Waals surface area (Å²) in [7, 11) is 0. The number of nitrogens with zero attached hydrogens (tertiary/aromatic N) is 2. The van der Waals surface area contributed by atoms with E-state index in [1.165, 1.54) is 5.56 Å². The van der Waals surface area contributed by atoms with Gasteiger partial charge in [-0.05, 0) is 30.2 Å². The second-order valence-corrected chi connectivity index (χ2v) is 5.53. The zero-order valence-corrected chi connectivity index (χ0v) is 11.8. The molecule has 2 nitrogen and oxygen atoms in total. The molecule has 2 aromatic carbocycles. The topological polar surface area (TPSA) is 27.0 Å². The highest BCUT2D eigenvalue weighted by atomic mass is 35.5. The fraction of sp³-hybridized carbons (Fsp3) is 0.235. The Morgan fingerprint density at radius 1 is 1.15 bits per heavy atom. The summed E-state index contributed by atoms with van der Waals surface area (Å²) in [6.45, 7) is 1.99. The lowest BCUT2D eigenvalue weighted by molar-refractivity contribution is 0.775. The third kappa shape index (κ3) is 2.50. The Kier molecular flexibility index (Phi) is 3.62. The molecule has 1 atom stereocenters. The van der Waals surface area contributed by atoms with Crippen LogP contribution in [0.1, 0.15) is 23.5 Å². The molecule has 0 amide bonds. The van der Waals surface area contributed by atoms with Gasteiger partial charge in [-0.25, -0.2) is 0 Å². The van der Waals surface area contributed by atoms with Crippen molar-refractivity contribution in [3.05, 3.63) is 64.7 Å². The van der Waals surface area contributed by atoms with E-state index in [1.807, 2.05) is 18.2 Å². The van der Waals surface area contributed by atoms with E-state index in [9.17, 15) is 0 Å². The van der Waals surface area contributed by atoms with Gasteiger partial charge in [0.05, 0.1) is 22.3 Å². The Morgan fingerprint density at radius 2 is 1.95 bits per heavy atom. The minimum atomic E-state index is 0.558. The Hall–Kier alpha value is -1.98. The number of rotatable bonds is 2. The molecule has 1 aliphatic heterocycles. The van der Waals surface area contributed by atoms with E-state index in [1.54, 1.807) is 6.07 Å². The first-order valence-corrected chi connectivity index (χ1v) is 7.15. The van der Waals surface area contributed by atoms with Crippen LogP contribution in [0.4, 0.5) is 5.69 Å². The SMILES string of the molecule is N#Cc1ccc(N2CCC(c3ccccc3)C2)c(Cl)c1. The van der Waals surface area contributed by atoms with Crippen LogP contribution in [-0.4, -0.2) is 13.1 Å². The van der Waals surface area contributed by atoms with Crippen molar-refractivity contribution < 1.29 is 0 Å². The third-order valence-electron chi connectivity index (χ3n) is 3.88. The second kappa shape index (κ2) is 5.56. The van der Waals surface area contributed by atoms with Crippen molar-refractivity contribution in [2.24, 2.45) is 0 Å². The first kappa shape index (κ1) is 13.0. The molecule has 20 heavy (non-hydrogen) atoms. The standard InChI is InChI=1S/C17H15ClN2/c18-16-10-13(11-19)6-7-17(16)20-9-8-15(12-20)14-4-2-1-3-5-14/h1-7,10,15H,8-9,12H2. The van der Waals surface area contributed by atoms with E-state index in [2.05, 4.69) is 35.2 Å². The van der Waals surface area contributed by atoms with Crippen molar-refractivity contribution in [2.45, 2.75) is 12.3 Å². The predicted molar refractivity (Wildman–Crippen MR) is 82.2 cm³/mol. The van der Waals surface area contributed by atoms with E-state index in [4.69, 9.17) is 16.9 Å². The largest absolute Gasteiger partial charge is 0.370 e. The van der Waals surface area contributed by atoms with Gasteiger partial charge in [0.2, 0.25) is 0 Å². The Balaban J connectivity index is 1.79. The molecule has 1 fully saturated rings. The molecule has 0 aliphatic carbocycles. The molecule has 1 aliphatic rings. The smallest absolute Gasteiger partial charge is 0.0992 e. The maximum atomic E-state index is 8.89. The van der Waals surface area contributed by atoms with Crippen LogP contribution in [-0.2, 0) is 0 Å². The van der Waals surface area contributed by atoms with Crippen molar-refractivity contribution in [2.75, 3.05) is 18.0 Å². The molecule has 0 spiro atoms. The van der Waals surface area contributed by atoms with Gasteiger partial charge in [-0.3, -0.25) is 0 Å². The molecule has 3 rings (SSSR count). The average molecular weight is 283 g/mol. The van der Waals surface area contributed by atoms with Crippen LogP contribution < -0.4 is 4.90 Å². The Bertz CT molecular complexity index is 646. The molecular formula is C17H15ClN2. The van der Waals surface area contributed by atoms with E-state index in [0.29, 0.717) is 16.5 Å². The molecule has 1 unspecified atom stereocenters. The van der Waals surface area contributed by atoms with Crippen LogP contribution in [0.25, 0.3) is 0 Å². The summed E-state index contributed by atoms with van der Waals surface area (Å²) in [4.78, 5) is 2.31. The van der Waals surface area contributed by atoms with Crippen molar-refractivity contribution >= 4 is 17.3 Å². The summed E-state index contributed by atoms with van der Waals surface area (Å²) in [6.07, 6.45) is 1.14. The molecular weight excluding hydrogens is 268 g/mol. The lowest BCUT2D eigenvalue weighted by atomic mass is 9.99. The van der Waals surface area contributed by atoms with Gasteiger partial charge in [0.1, 0.15) is 0 Å². The number of halogens is 1. The van der Waals surface area contributed by atoms with E-state index < -0.39 is 0 Å². The molecule has 0 radical (unpaired) electrons. The lowest BCUT2D eigenvalue weighted by Crippen LogP contribution is -2.19. The van der Waals surface area contributed by atoms with Gasteiger partial charge in [-0.2, -0.15) is 5.26 Å². The highest BCUT2D eigenvalue weighted by molar-refractivity contribution is 6.33. The molecule has 100 valence electrons. The molecule has 0 aromatic heterocycles. The summed E-state index contributed by atoms with van der Waals surface area (Å²) in [6, 6.07) is 18.3. The highest BCUT2D eigenvalue weighted by Crippen LogP contribution is 2.34. The van der Waals surface area contributed by atoms with Gasteiger partial charge in [0, 0.05) is 19.0 Å². The fourth-order valence-corrected chi connectivity index (χ4v) is 3.11. The van der Waals surface area contributed by atoms with Crippen molar-refractivity contribution in [3.63, 3.8) is 0 Å². The zero-order chi connectivity index (χ0) is 13.9. The minimum Gasteiger partial charge on any atom is -0.370 e. The zero-order valence-electron chi connectivity index (χ0n) is 11.1. The molecule has 3 heteroatoms. The van der Waals surface area contributed by atoms with Crippen molar-refractivity contribution in [3.8, 4) is 6.07 Å². The summed E-state index contributed by atoms with van der Waals surface area (Å²) in [5.74, 6) is 0.558. The number of hydrogen-bond acceptors (Lipinski definition) is 2. The molecule has 0 N–H and O–H groups in total. The maximum Gasteiger partial charge on any atom is 0.0992 e. The molecule has 1 heterocycles. The van der Waals surface area contributed by atoms with Gasteiger partial charge in [0.15, 0.2) is 0 Å². The Labute approximate surface area is 124 Å². The summed E-state index contributed by atoms with van der Waals surface area (Å²) >= 11 is 6.29. The fourth-order valence-electron chi connectivity index (χ4n) is 2.81. The number of benzene rings is 2. The summed E-state index contributed by atoms with van der Waals surface area (Å²) in [5, 5.41) is 9.55. The van der Waals surface area contributed by atoms with Crippen LogP contribution in [0, 0.1) is 11.3 Å². The lowest BCUT2D eigenvalue weighted by Gasteiger charge is -2.20. The molecule has 0 saturated carbocycles. The normalized spacial score (nSPS) is 18.0. The van der Waals surface area contributed by atoms with Crippen molar-refractivity contribution in [1.82, 2.24) is 0 Å². The number of nitriles is 1. The van der Waals surface area contributed by atoms with Crippen LogP contribution in [0.3, 0.4) is 0 Å². The molecule has 0 bridgehead atoms.